The summed E-state index contributed by atoms with van der Waals surface area (Å²) in [5.74, 6) is 0. The van der Waals surface area contributed by atoms with Gasteiger partial charge in [0.1, 0.15) is 0 Å². The van der Waals surface area contributed by atoms with Crippen molar-refractivity contribution < 1.29 is 51.6 Å². The number of hydrogen-bond donors (Lipinski definition) is 1. The van der Waals surface area contributed by atoms with Crippen LogP contribution >= 0.6 is 0 Å². The van der Waals surface area contributed by atoms with Crippen LogP contribution in [0.1, 0.15) is 5.56 Å². The molecule has 8 nitrogen and oxygen atoms in total. The molecule has 0 atom stereocenters. The van der Waals surface area contributed by atoms with Crippen molar-refractivity contribution in [1.82, 2.24) is 9.97 Å². The van der Waals surface area contributed by atoms with Crippen molar-refractivity contribution in [3.8, 4) is 11.3 Å². The molecule has 0 bridgehead atoms. The fourth-order valence-corrected chi connectivity index (χ4v) is 3.88. The maximum absolute atomic E-state index is 13.1. The van der Waals surface area contributed by atoms with Gasteiger partial charge in [0.05, 0.1) is 26.8 Å². The number of nitrogens with zero attached hydrogens (tertiary/aromatic N) is 3. The summed E-state index contributed by atoms with van der Waals surface area (Å²) in [4.78, 5) is 17.5. The minimum atomic E-state index is -4.68. The minimum Gasteiger partial charge on any atom is -0.279 e. The predicted molar refractivity (Wildman–Crippen MR) is 125 cm³/mol. The van der Waals surface area contributed by atoms with E-state index in [9.17, 15) is 31.7 Å². The first-order valence-corrected chi connectivity index (χ1v) is 11.3. The number of benzene rings is 2. The van der Waals surface area contributed by atoms with Gasteiger partial charge in [0.2, 0.25) is 0 Å². The molecule has 0 unspecified atom stereocenters. The van der Waals surface area contributed by atoms with Crippen LogP contribution in [0.4, 0.5) is 29.3 Å². The number of rotatable bonds is 5. The summed E-state index contributed by atoms with van der Waals surface area (Å²) in [5.41, 5.74) is -1.28. The second-order valence-electron chi connectivity index (χ2n) is 6.85. The fraction of sp³-hybridized carbons (Fsp3) is 0.0435. The van der Waals surface area contributed by atoms with Crippen LogP contribution in [0.5, 0.6) is 0 Å². The summed E-state index contributed by atoms with van der Waals surface area (Å²) in [7, 11) is -4.32. The van der Waals surface area contributed by atoms with Crippen LogP contribution in [-0.4, -0.2) is 23.3 Å². The van der Waals surface area contributed by atoms with Gasteiger partial charge in [0, 0.05) is 56.7 Å². The minimum absolute atomic E-state index is 0. The van der Waals surface area contributed by atoms with E-state index in [0.717, 1.165) is 36.4 Å². The Morgan fingerprint density at radius 3 is 1.95 bits per heavy atom. The number of sulfonamides is 1. The van der Waals surface area contributed by atoms with E-state index in [-0.39, 0.29) is 52.7 Å². The van der Waals surface area contributed by atoms with E-state index in [4.69, 9.17) is 0 Å². The molecule has 0 aliphatic rings. The number of aromatic nitrogens is 2. The number of hydrogen-bond acceptors (Lipinski definition) is 6. The Kier molecular flexibility index (Phi) is 11.5. The summed E-state index contributed by atoms with van der Waals surface area (Å²) < 4.78 is 66.8. The Hall–Kier alpha value is -3.73. The van der Waals surface area contributed by atoms with Crippen molar-refractivity contribution in [3.63, 3.8) is 0 Å². The summed E-state index contributed by atoms with van der Waals surface area (Å²) in [6, 6.07) is 17.0. The smallest absolute Gasteiger partial charge is 0.279 e. The molecular weight excluding hydrogens is 611 g/mol. The van der Waals surface area contributed by atoms with Crippen molar-refractivity contribution in [1.29, 1.82) is 0 Å². The van der Waals surface area contributed by atoms with Crippen LogP contribution in [0.2, 0.25) is 0 Å². The SMILES string of the molecule is F.O=[N+]([O-])c1ccc(S(=O)(=O)Nc2cc(C(F)(F)F)ccc2-c2ccccn2)cc1.[Pd].c1ccncc1. The van der Waals surface area contributed by atoms with E-state index in [1.54, 1.807) is 24.5 Å². The molecule has 0 saturated carbocycles. The number of alkyl halides is 3. The maximum Gasteiger partial charge on any atom is 0.416 e. The molecule has 14 heteroatoms. The van der Waals surface area contributed by atoms with E-state index in [2.05, 4.69) is 14.7 Å². The molecule has 198 valence electrons. The zero-order valence-electron chi connectivity index (χ0n) is 18.5. The van der Waals surface area contributed by atoms with Crippen molar-refractivity contribution in [2.45, 2.75) is 11.1 Å². The molecule has 0 saturated heterocycles. The van der Waals surface area contributed by atoms with E-state index >= 15 is 0 Å². The molecule has 4 aromatic rings. The average Bonchev–Trinajstić information content (AvgIpc) is 2.85. The van der Waals surface area contributed by atoms with Gasteiger partial charge in [-0.2, -0.15) is 13.2 Å². The van der Waals surface area contributed by atoms with Crippen LogP contribution in [-0.2, 0) is 36.6 Å². The molecule has 37 heavy (non-hydrogen) atoms. The van der Waals surface area contributed by atoms with Crippen molar-refractivity contribution >= 4 is 21.4 Å². The van der Waals surface area contributed by atoms with Gasteiger partial charge in [-0.05, 0) is 48.5 Å². The number of halogens is 4. The number of nitrogens with one attached hydrogen (secondary N) is 1. The third-order valence-electron chi connectivity index (χ3n) is 4.46. The fourth-order valence-electron chi connectivity index (χ4n) is 2.81. The van der Waals surface area contributed by atoms with Gasteiger partial charge < -0.3 is 0 Å². The Labute approximate surface area is 222 Å². The van der Waals surface area contributed by atoms with Gasteiger partial charge in [0.15, 0.2) is 0 Å². The Balaban J connectivity index is 0.000000753. The Bertz CT molecular complexity index is 1370. The number of nitro benzene ring substituents is 1. The van der Waals surface area contributed by atoms with Crippen LogP contribution < -0.4 is 4.72 Å². The second-order valence-corrected chi connectivity index (χ2v) is 8.54. The summed E-state index contributed by atoms with van der Waals surface area (Å²) in [6.07, 6.45) is 0.234. The average molecular weight is 629 g/mol. The molecule has 2 heterocycles. The second kappa shape index (κ2) is 13.5. The normalized spacial score (nSPS) is 10.6. The van der Waals surface area contributed by atoms with E-state index in [0.29, 0.717) is 6.07 Å². The van der Waals surface area contributed by atoms with Crippen LogP contribution in [0.15, 0.2) is 102 Å². The monoisotopic (exact) mass is 628 g/mol. The third kappa shape index (κ3) is 8.71. The topological polar surface area (TPSA) is 115 Å². The first-order chi connectivity index (χ1) is 16.6. The molecular formula is C23H18F4N4O4PdS. The molecule has 2 aromatic heterocycles. The molecule has 1 N–H and O–H groups in total. The zero-order chi connectivity index (χ0) is 25.5. The number of non-ortho nitro benzene ring substituents is 1. The largest absolute Gasteiger partial charge is 0.416 e. The first-order valence-electron chi connectivity index (χ1n) is 9.83. The summed E-state index contributed by atoms with van der Waals surface area (Å²) >= 11 is 0. The summed E-state index contributed by atoms with van der Waals surface area (Å²) in [5, 5.41) is 10.7. The van der Waals surface area contributed by atoms with E-state index in [1.807, 2.05) is 18.2 Å². The van der Waals surface area contributed by atoms with Crippen LogP contribution in [0, 0.1) is 10.1 Å². The molecule has 0 aliphatic heterocycles. The molecule has 0 radical (unpaired) electrons. The Morgan fingerprint density at radius 2 is 1.49 bits per heavy atom. The number of anilines is 1. The maximum atomic E-state index is 13.1. The van der Waals surface area contributed by atoms with Crippen LogP contribution in [0.25, 0.3) is 11.3 Å². The van der Waals surface area contributed by atoms with Gasteiger partial charge in [-0.25, -0.2) is 8.42 Å². The van der Waals surface area contributed by atoms with Gasteiger partial charge in [-0.15, -0.1) is 0 Å². The molecule has 4 rings (SSSR count). The Morgan fingerprint density at radius 1 is 0.865 bits per heavy atom. The predicted octanol–water partition coefficient (Wildman–Crippen LogP) is 5.71. The molecule has 0 fully saturated rings. The first kappa shape index (κ1) is 31.3. The molecule has 0 aliphatic carbocycles. The van der Waals surface area contributed by atoms with Crippen molar-refractivity contribution in [2.24, 2.45) is 0 Å². The quantitative estimate of drug-likeness (QED) is 0.131. The zero-order valence-corrected chi connectivity index (χ0v) is 20.8. The van der Waals surface area contributed by atoms with Gasteiger partial charge in [0.25, 0.3) is 15.7 Å². The van der Waals surface area contributed by atoms with E-state index < -0.39 is 26.7 Å². The van der Waals surface area contributed by atoms with Crippen molar-refractivity contribution in [2.75, 3.05) is 4.72 Å². The third-order valence-corrected chi connectivity index (χ3v) is 5.84. The van der Waals surface area contributed by atoms with Crippen LogP contribution in [0.3, 0.4) is 0 Å². The van der Waals surface area contributed by atoms with Gasteiger partial charge >= 0.3 is 6.18 Å². The summed E-state index contributed by atoms with van der Waals surface area (Å²) in [6.45, 7) is 0. The van der Waals surface area contributed by atoms with Gasteiger partial charge in [-0.3, -0.25) is 29.5 Å². The molecule has 2 aromatic carbocycles. The van der Waals surface area contributed by atoms with E-state index in [1.165, 1.54) is 12.3 Å². The number of pyridine rings is 2. The molecule has 0 amide bonds. The molecule has 0 spiro atoms. The number of nitro groups is 1. The van der Waals surface area contributed by atoms with Gasteiger partial charge in [-0.1, -0.05) is 18.2 Å². The van der Waals surface area contributed by atoms with Crippen molar-refractivity contribution in [3.05, 3.63) is 113 Å². The standard InChI is InChI=1S/C18H12F3N3O4S.C5H5N.FH.Pd/c19-18(20,21)12-4-9-15(16-3-1-2-10-22-16)17(11-12)23-29(27,28)14-7-5-13(6-8-14)24(25)26;1-2-4-6-5-3-1;;/h1-11,23H;1-5H;1H;.